The lowest BCUT2D eigenvalue weighted by molar-refractivity contribution is 0.171. The summed E-state index contributed by atoms with van der Waals surface area (Å²) in [7, 11) is 0. The largest absolute Gasteiger partial charge is 0.494 e. The average molecular weight is 339 g/mol. The number of ether oxygens (including phenoxy) is 3. The molecule has 0 saturated carbocycles. The molecule has 0 spiro atoms. The Hall–Kier alpha value is -2.20. The first-order valence-corrected chi connectivity index (χ1v) is 9.23. The normalized spacial score (nSPS) is 18.5. The Labute approximate surface area is 149 Å². The Bertz CT molecular complexity index is 727. The quantitative estimate of drug-likeness (QED) is 0.840. The Morgan fingerprint density at radius 2 is 1.84 bits per heavy atom. The van der Waals surface area contributed by atoms with E-state index in [2.05, 4.69) is 48.6 Å². The molecule has 0 fully saturated rings. The van der Waals surface area contributed by atoms with Crippen LogP contribution in [0.15, 0.2) is 36.4 Å². The van der Waals surface area contributed by atoms with Crippen LogP contribution in [0.4, 0.5) is 0 Å². The van der Waals surface area contributed by atoms with Crippen LogP contribution in [0.25, 0.3) is 0 Å². The number of hydrogen-bond donors (Lipinski definition) is 1. The van der Waals surface area contributed by atoms with Crippen LogP contribution in [0.1, 0.15) is 42.5 Å². The molecule has 132 valence electrons. The number of rotatable bonds is 5. The summed E-state index contributed by atoms with van der Waals surface area (Å²) < 4.78 is 17.3. The zero-order valence-corrected chi connectivity index (χ0v) is 14.7. The van der Waals surface area contributed by atoms with Crippen molar-refractivity contribution in [3.8, 4) is 17.2 Å². The van der Waals surface area contributed by atoms with Gasteiger partial charge in [0.05, 0.1) is 12.6 Å². The minimum Gasteiger partial charge on any atom is -0.494 e. The van der Waals surface area contributed by atoms with Crippen LogP contribution in [-0.4, -0.2) is 26.4 Å². The third-order valence-electron chi connectivity index (χ3n) is 4.84. The van der Waals surface area contributed by atoms with Gasteiger partial charge in [0.15, 0.2) is 11.5 Å². The summed E-state index contributed by atoms with van der Waals surface area (Å²) in [6.07, 6.45) is 3.25. The van der Waals surface area contributed by atoms with E-state index in [-0.39, 0.29) is 6.04 Å². The predicted molar refractivity (Wildman–Crippen MR) is 97.8 cm³/mol. The van der Waals surface area contributed by atoms with E-state index in [9.17, 15) is 0 Å². The Morgan fingerprint density at radius 1 is 1.08 bits per heavy atom. The highest BCUT2D eigenvalue weighted by Crippen LogP contribution is 2.39. The average Bonchev–Trinajstić information content (AvgIpc) is 2.67. The number of hydrogen-bond acceptors (Lipinski definition) is 4. The van der Waals surface area contributed by atoms with Gasteiger partial charge >= 0.3 is 0 Å². The number of nitrogens with one attached hydrogen (secondary N) is 1. The molecule has 2 heterocycles. The molecule has 2 aliphatic rings. The molecule has 2 aliphatic heterocycles. The van der Waals surface area contributed by atoms with E-state index in [1.54, 1.807) is 0 Å². The maximum atomic E-state index is 5.78. The van der Waals surface area contributed by atoms with Crippen LogP contribution in [0.3, 0.4) is 0 Å². The van der Waals surface area contributed by atoms with Crippen molar-refractivity contribution in [2.24, 2.45) is 0 Å². The molecule has 0 aliphatic carbocycles. The van der Waals surface area contributed by atoms with E-state index >= 15 is 0 Å². The molecule has 25 heavy (non-hydrogen) atoms. The minimum absolute atomic E-state index is 0.185. The van der Waals surface area contributed by atoms with Gasteiger partial charge in [-0.1, -0.05) is 25.5 Å². The summed E-state index contributed by atoms with van der Waals surface area (Å²) in [5, 5.41) is 3.63. The first-order valence-electron chi connectivity index (χ1n) is 9.23. The summed E-state index contributed by atoms with van der Waals surface area (Å²) in [6, 6.07) is 12.9. The molecule has 4 nitrogen and oxygen atoms in total. The first kappa shape index (κ1) is 16.3. The third kappa shape index (κ3) is 3.45. The lowest BCUT2D eigenvalue weighted by Crippen LogP contribution is -2.31. The Balaban J connectivity index is 1.58. The fourth-order valence-corrected chi connectivity index (χ4v) is 3.48. The lowest BCUT2D eigenvalue weighted by atomic mass is 9.89. The molecule has 4 rings (SSSR count). The van der Waals surface area contributed by atoms with Crippen molar-refractivity contribution in [1.29, 1.82) is 0 Å². The topological polar surface area (TPSA) is 39.7 Å². The van der Waals surface area contributed by atoms with E-state index in [1.807, 2.05) is 0 Å². The second kappa shape index (κ2) is 7.36. The molecular formula is C21H25NO3. The van der Waals surface area contributed by atoms with Crippen LogP contribution >= 0.6 is 0 Å². The molecule has 1 atom stereocenters. The van der Waals surface area contributed by atoms with Crippen molar-refractivity contribution in [3.05, 3.63) is 53.1 Å². The molecule has 0 bridgehead atoms. The van der Waals surface area contributed by atoms with Gasteiger partial charge < -0.3 is 19.5 Å². The molecule has 4 heteroatoms. The predicted octanol–water partition coefficient (Wildman–Crippen LogP) is 3.87. The van der Waals surface area contributed by atoms with Gasteiger partial charge in [-0.2, -0.15) is 0 Å². The van der Waals surface area contributed by atoms with Crippen LogP contribution < -0.4 is 19.5 Å². The highest BCUT2D eigenvalue weighted by Gasteiger charge is 2.25. The molecule has 0 radical (unpaired) electrons. The van der Waals surface area contributed by atoms with Crippen LogP contribution in [0.5, 0.6) is 17.2 Å². The first-order chi connectivity index (χ1) is 12.3. The zero-order valence-electron chi connectivity index (χ0n) is 14.7. The molecule has 0 saturated heterocycles. The number of benzene rings is 2. The van der Waals surface area contributed by atoms with Gasteiger partial charge in [-0.05, 0) is 53.8 Å². The monoisotopic (exact) mass is 339 g/mol. The third-order valence-corrected chi connectivity index (χ3v) is 4.84. The summed E-state index contributed by atoms with van der Waals surface area (Å²) >= 11 is 0. The minimum atomic E-state index is 0.185. The molecule has 0 amide bonds. The van der Waals surface area contributed by atoms with Crippen molar-refractivity contribution in [2.75, 3.05) is 26.4 Å². The molecular weight excluding hydrogens is 314 g/mol. The Morgan fingerprint density at radius 3 is 2.60 bits per heavy atom. The van der Waals surface area contributed by atoms with Crippen LogP contribution in [0.2, 0.25) is 0 Å². The van der Waals surface area contributed by atoms with E-state index in [4.69, 9.17) is 14.2 Å². The Kier molecular flexibility index (Phi) is 4.79. The van der Waals surface area contributed by atoms with Crippen LogP contribution in [-0.2, 0) is 6.42 Å². The van der Waals surface area contributed by atoms with E-state index < -0.39 is 0 Å². The summed E-state index contributed by atoms with van der Waals surface area (Å²) in [6.45, 7) is 5.17. The van der Waals surface area contributed by atoms with Gasteiger partial charge in [-0.3, -0.25) is 0 Å². The number of unbranched alkanes of at least 4 members (excludes halogenated alkanes) is 1. The fraction of sp³-hybridized carbons (Fsp3) is 0.429. The number of fused-ring (bicyclic) bond motifs is 2. The van der Waals surface area contributed by atoms with E-state index in [1.165, 1.54) is 16.7 Å². The summed E-state index contributed by atoms with van der Waals surface area (Å²) in [5.41, 5.74) is 3.88. The van der Waals surface area contributed by atoms with Gasteiger partial charge in [0.2, 0.25) is 0 Å². The van der Waals surface area contributed by atoms with Crippen LogP contribution in [0, 0.1) is 0 Å². The van der Waals surface area contributed by atoms with Crippen molar-refractivity contribution < 1.29 is 14.2 Å². The van der Waals surface area contributed by atoms with E-state index in [0.717, 1.165) is 49.7 Å². The van der Waals surface area contributed by atoms with Crippen molar-refractivity contribution in [3.63, 3.8) is 0 Å². The van der Waals surface area contributed by atoms with Gasteiger partial charge in [0.25, 0.3) is 0 Å². The molecule has 2 aromatic rings. The van der Waals surface area contributed by atoms with E-state index in [0.29, 0.717) is 13.2 Å². The molecule has 0 aromatic heterocycles. The lowest BCUT2D eigenvalue weighted by Gasteiger charge is -2.30. The molecule has 1 N–H and O–H groups in total. The summed E-state index contributed by atoms with van der Waals surface area (Å²) in [5.74, 6) is 2.68. The maximum absolute atomic E-state index is 5.78. The van der Waals surface area contributed by atoms with Gasteiger partial charge in [-0.15, -0.1) is 0 Å². The maximum Gasteiger partial charge on any atom is 0.161 e. The zero-order chi connectivity index (χ0) is 17.1. The summed E-state index contributed by atoms with van der Waals surface area (Å²) in [4.78, 5) is 0. The fourth-order valence-electron chi connectivity index (χ4n) is 3.48. The van der Waals surface area contributed by atoms with Gasteiger partial charge in [0.1, 0.15) is 19.0 Å². The SMILES string of the molecule is CCCCOc1ccc(C2NCCc3cc4c(cc32)OCCO4)cc1. The van der Waals surface area contributed by atoms with Gasteiger partial charge in [0, 0.05) is 6.54 Å². The highest BCUT2D eigenvalue weighted by molar-refractivity contribution is 5.52. The van der Waals surface area contributed by atoms with Gasteiger partial charge in [-0.25, -0.2) is 0 Å². The van der Waals surface area contributed by atoms with Crippen molar-refractivity contribution in [2.45, 2.75) is 32.2 Å². The van der Waals surface area contributed by atoms with Crippen molar-refractivity contribution >= 4 is 0 Å². The second-order valence-electron chi connectivity index (χ2n) is 6.60. The second-order valence-corrected chi connectivity index (χ2v) is 6.60. The van der Waals surface area contributed by atoms with Crippen molar-refractivity contribution in [1.82, 2.24) is 5.32 Å². The standard InChI is InChI=1S/C21H25NO3/c1-2-3-10-23-17-6-4-15(5-7-17)21-18-14-20-19(24-11-12-25-20)13-16(18)8-9-22-21/h4-7,13-14,21-22H,2-3,8-12H2,1H3. The molecule has 2 aromatic carbocycles. The molecule has 1 unspecified atom stereocenters. The smallest absolute Gasteiger partial charge is 0.161 e. The highest BCUT2D eigenvalue weighted by atomic mass is 16.6.